The van der Waals surface area contributed by atoms with Crippen molar-refractivity contribution in [1.82, 2.24) is 9.78 Å². The van der Waals surface area contributed by atoms with Gasteiger partial charge >= 0.3 is 6.18 Å². The number of anilines is 1. The molecular weight excluding hydrogens is 347 g/mol. The Kier molecular flexibility index (Phi) is 4.43. The highest BCUT2D eigenvalue weighted by molar-refractivity contribution is 7.16. The normalized spacial score (nSPS) is 11.6. The maximum atomic E-state index is 12.9. The van der Waals surface area contributed by atoms with Crippen molar-refractivity contribution in [2.24, 2.45) is 7.05 Å². The molecule has 0 aliphatic carbocycles. The smallest absolute Gasteiger partial charge is 0.355 e. The number of halogens is 3. The molecule has 0 aliphatic heterocycles. The van der Waals surface area contributed by atoms with E-state index < -0.39 is 11.9 Å². The van der Waals surface area contributed by atoms with E-state index in [-0.39, 0.29) is 0 Å². The van der Waals surface area contributed by atoms with Crippen LogP contribution in [0, 0.1) is 6.92 Å². The summed E-state index contributed by atoms with van der Waals surface area (Å²) in [6.45, 7) is 6.01. The number of thiophene rings is 1. The molecule has 2 heterocycles. The number of aromatic nitrogens is 2. The van der Waals surface area contributed by atoms with Gasteiger partial charge in [-0.2, -0.15) is 18.3 Å². The standard InChI is InChI=1S/C18H16F3N3S/c1-11-6-4-5-7-13(11)22-12(2)15-8-9-16(25-15)14-10-17(18(19,20)21)24(3)23-14/h4-10,22H,2H2,1,3H3. The Morgan fingerprint density at radius 1 is 1.20 bits per heavy atom. The van der Waals surface area contributed by atoms with E-state index in [1.165, 1.54) is 18.4 Å². The first-order valence-corrected chi connectivity index (χ1v) is 8.31. The second-order valence-corrected chi connectivity index (χ2v) is 6.70. The number of hydrogen-bond donors (Lipinski definition) is 1. The van der Waals surface area contributed by atoms with Gasteiger partial charge in [-0.25, -0.2) is 0 Å². The van der Waals surface area contributed by atoms with Crippen LogP contribution < -0.4 is 5.32 Å². The zero-order valence-electron chi connectivity index (χ0n) is 13.7. The van der Waals surface area contributed by atoms with Crippen LogP contribution in [0.2, 0.25) is 0 Å². The van der Waals surface area contributed by atoms with Crippen LogP contribution in [-0.2, 0) is 13.2 Å². The lowest BCUT2D eigenvalue weighted by Crippen LogP contribution is -2.11. The van der Waals surface area contributed by atoms with Gasteiger partial charge in [0, 0.05) is 18.4 Å². The van der Waals surface area contributed by atoms with E-state index in [9.17, 15) is 13.2 Å². The van der Waals surface area contributed by atoms with Gasteiger partial charge < -0.3 is 5.32 Å². The molecule has 0 spiro atoms. The topological polar surface area (TPSA) is 29.9 Å². The van der Waals surface area contributed by atoms with Crippen LogP contribution >= 0.6 is 11.3 Å². The predicted octanol–water partition coefficient (Wildman–Crippen LogP) is 5.56. The van der Waals surface area contributed by atoms with Crippen molar-refractivity contribution >= 4 is 22.7 Å². The van der Waals surface area contributed by atoms with Gasteiger partial charge in [0.25, 0.3) is 0 Å². The molecule has 0 aliphatic rings. The minimum absolute atomic E-state index is 0.301. The summed E-state index contributed by atoms with van der Waals surface area (Å²) in [5, 5.41) is 7.22. The first-order valence-electron chi connectivity index (χ1n) is 7.49. The van der Waals surface area contributed by atoms with E-state index in [4.69, 9.17) is 0 Å². The summed E-state index contributed by atoms with van der Waals surface area (Å²) >= 11 is 1.35. The minimum Gasteiger partial charge on any atom is -0.355 e. The number of nitrogens with one attached hydrogen (secondary N) is 1. The van der Waals surface area contributed by atoms with Gasteiger partial charge in [-0.05, 0) is 36.8 Å². The fraction of sp³-hybridized carbons (Fsp3) is 0.167. The van der Waals surface area contributed by atoms with E-state index in [0.717, 1.165) is 26.9 Å². The fourth-order valence-corrected chi connectivity index (χ4v) is 3.32. The molecule has 3 rings (SSSR count). The molecule has 7 heteroatoms. The number of rotatable bonds is 4. The van der Waals surface area contributed by atoms with Gasteiger partial charge in [0.05, 0.1) is 9.75 Å². The van der Waals surface area contributed by atoms with Crippen LogP contribution in [0.15, 0.2) is 49.0 Å². The number of alkyl halides is 3. The van der Waals surface area contributed by atoms with E-state index in [2.05, 4.69) is 17.0 Å². The fourth-order valence-electron chi connectivity index (χ4n) is 2.43. The number of nitrogens with zero attached hydrogens (tertiary/aromatic N) is 2. The maximum Gasteiger partial charge on any atom is 0.433 e. The van der Waals surface area contributed by atoms with Crippen LogP contribution in [0.3, 0.4) is 0 Å². The highest BCUT2D eigenvalue weighted by Gasteiger charge is 2.35. The lowest BCUT2D eigenvalue weighted by atomic mass is 10.2. The zero-order chi connectivity index (χ0) is 18.2. The summed E-state index contributed by atoms with van der Waals surface area (Å²) in [5.74, 6) is 0. The molecule has 0 amide bonds. The molecule has 0 saturated heterocycles. The summed E-state index contributed by atoms with van der Waals surface area (Å²) in [4.78, 5) is 1.51. The number of benzene rings is 1. The maximum absolute atomic E-state index is 12.9. The van der Waals surface area contributed by atoms with Gasteiger partial charge in [-0.15, -0.1) is 11.3 Å². The second-order valence-electron chi connectivity index (χ2n) is 5.62. The van der Waals surface area contributed by atoms with E-state index in [1.54, 1.807) is 6.07 Å². The van der Waals surface area contributed by atoms with Crippen LogP contribution in [0.4, 0.5) is 18.9 Å². The summed E-state index contributed by atoms with van der Waals surface area (Å²) in [7, 11) is 1.29. The number of hydrogen-bond acceptors (Lipinski definition) is 3. The Balaban J connectivity index is 1.83. The van der Waals surface area contributed by atoms with Crippen LogP contribution in [0.5, 0.6) is 0 Å². The van der Waals surface area contributed by atoms with Crippen molar-refractivity contribution in [3.63, 3.8) is 0 Å². The van der Waals surface area contributed by atoms with Crippen molar-refractivity contribution in [2.75, 3.05) is 5.32 Å². The Morgan fingerprint density at radius 3 is 2.56 bits per heavy atom. The van der Waals surface area contributed by atoms with Crippen LogP contribution in [-0.4, -0.2) is 9.78 Å². The van der Waals surface area contributed by atoms with Crippen LogP contribution in [0.1, 0.15) is 16.1 Å². The molecule has 2 aromatic heterocycles. The SMILES string of the molecule is C=C(Nc1ccccc1C)c1ccc(-c2cc(C(F)(F)F)n(C)n2)s1. The summed E-state index contributed by atoms with van der Waals surface area (Å²) < 4.78 is 39.6. The molecule has 1 aromatic carbocycles. The van der Waals surface area contributed by atoms with Crippen molar-refractivity contribution < 1.29 is 13.2 Å². The second kappa shape index (κ2) is 6.40. The van der Waals surface area contributed by atoms with Crippen molar-refractivity contribution in [2.45, 2.75) is 13.1 Å². The molecule has 0 radical (unpaired) electrons. The molecule has 0 fully saturated rings. The van der Waals surface area contributed by atoms with Crippen molar-refractivity contribution in [3.8, 4) is 10.6 Å². The zero-order valence-corrected chi connectivity index (χ0v) is 14.5. The lowest BCUT2D eigenvalue weighted by molar-refractivity contribution is -0.143. The summed E-state index contributed by atoms with van der Waals surface area (Å²) in [6.07, 6.45) is -4.42. The third-order valence-corrected chi connectivity index (χ3v) is 4.92. The Hall–Kier alpha value is -2.54. The van der Waals surface area contributed by atoms with E-state index >= 15 is 0 Å². The van der Waals surface area contributed by atoms with Gasteiger partial charge in [0.2, 0.25) is 0 Å². The first kappa shape index (κ1) is 17.3. The molecule has 1 N–H and O–H groups in total. The average molecular weight is 363 g/mol. The quantitative estimate of drug-likeness (QED) is 0.658. The Labute approximate surface area is 147 Å². The molecule has 0 atom stereocenters. The monoisotopic (exact) mass is 363 g/mol. The molecule has 0 unspecified atom stereocenters. The van der Waals surface area contributed by atoms with E-state index in [0.29, 0.717) is 16.3 Å². The number of aryl methyl sites for hydroxylation is 2. The molecule has 3 nitrogen and oxygen atoms in total. The lowest BCUT2D eigenvalue weighted by Gasteiger charge is -2.10. The molecule has 25 heavy (non-hydrogen) atoms. The highest BCUT2D eigenvalue weighted by atomic mass is 32.1. The minimum atomic E-state index is -4.42. The third kappa shape index (κ3) is 3.61. The van der Waals surface area contributed by atoms with Gasteiger partial charge in [-0.1, -0.05) is 24.8 Å². The van der Waals surface area contributed by atoms with Crippen LogP contribution in [0.25, 0.3) is 16.3 Å². The average Bonchev–Trinajstić information content (AvgIpc) is 3.15. The Morgan fingerprint density at radius 2 is 1.92 bits per heavy atom. The summed E-state index contributed by atoms with van der Waals surface area (Å²) in [6, 6.07) is 12.5. The molecule has 3 aromatic rings. The molecule has 0 saturated carbocycles. The Bertz CT molecular complexity index is 922. The molecular formula is C18H16F3N3S. The van der Waals surface area contributed by atoms with Gasteiger partial charge in [0.1, 0.15) is 11.4 Å². The van der Waals surface area contributed by atoms with Gasteiger partial charge in [0.15, 0.2) is 0 Å². The third-order valence-electron chi connectivity index (χ3n) is 3.76. The van der Waals surface area contributed by atoms with Crippen molar-refractivity contribution in [3.05, 3.63) is 65.2 Å². The summed E-state index contributed by atoms with van der Waals surface area (Å²) in [5.41, 5.74) is 2.25. The highest BCUT2D eigenvalue weighted by Crippen LogP contribution is 2.35. The van der Waals surface area contributed by atoms with Crippen molar-refractivity contribution in [1.29, 1.82) is 0 Å². The number of para-hydroxylation sites is 1. The van der Waals surface area contributed by atoms with Gasteiger partial charge in [-0.3, -0.25) is 4.68 Å². The molecule has 130 valence electrons. The van der Waals surface area contributed by atoms with E-state index in [1.807, 2.05) is 37.3 Å². The first-order chi connectivity index (χ1) is 11.8. The molecule has 0 bridgehead atoms. The largest absolute Gasteiger partial charge is 0.433 e. The predicted molar refractivity (Wildman–Crippen MR) is 95.4 cm³/mol.